The zero-order valence-electron chi connectivity index (χ0n) is 10.5. The number of benzene rings is 1. The maximum atomic E-state index is 13.0. The molecule has 0 aliphatic rings. The van der Waals surface area contributed by atoms with Gasteiger partial charge in [0.05, 0.1) is 0 Å². The first-order valence-electron chi connectivity index (χ1n) is 5.79. The third kappa shape index (κ3) is 2.43. The predicted molar refractivity (Wildman–Crippen MR) is 64.0 cm³/mol. The molecule has 1 heterocycles. The van der Waals surface area contributed by atoms with Gasteiger partial charge >= 0.3 is 6.18 Å². The highest BCUT2D eigenvalue weighted by molar-refractivity contribution is 5.63. The van der Waals surface area contributed by atoms with E-state index in [9.17, 15) is 18.4 Å². The van der Waals surface area contributed by atoms with Gasteiger partial charge in [-0.2, -0.15) is 17.9 Å². The van der Waals surface area contributed by atoms with Gasteiger partial charge < -0.3 is 5.21 Å². The predicted octanol–water partition coefficient (Wildman–Crippen LogP) is 3.68. The summed E-state index contributed by atoms with van der Waals surface area (Å²) in [5.41, 5.74) is -0.162. The molecule has 0 atom stereocenters. The summed E-state index contributed by atoms with van der Waals surface area (Å²) in [6.45, 7) is 3.47. The quantitative estimate of drug-likeness (QED) is 0.845. The van der Waals surface area contributed by atoms with Crippen LogP contribution in [0.4, 0.5) is 13.2 Å². The van der Waals surface area contributed by atoms with Crippen LogP contribution in [0.5, 0.6) is 0 Å². The van der Waals surface area contributed by atoms with Gasteiger partial charge in [-0.3, -0.25) is 0 Å². The minimum absolute atomic E-state index is 0.0112. The Morgan fingerprint density at radius 1 is 1.21 bits per heavy atom. The normalized spacial score (nSPS) is 11.8. The van der Waals surface area contributed by atoms with Gasteiger partial charge in [0.2, 0.25) is 0 Å². The Morgan fingerprint density at radius 2 is 1.79 bits per heavy atom. The van der Waals surface area contributed by atoms with Gasteiger partial charge in [0, 0.05) is 12.0 Å². The van der Waals surface area contributed by atoms with Gasteiger partial charge in [-0.25, -0.2) is 4.98 Å². The summed E-state index contributed by atoms with van der Waals surface area (Å²) in [5.74, 6) is -0.0112. The lowest BCUT2D eigenvalue weighted by molar-refractivity contribution is -0.140. The fourth-order valence-electron chi connectivity index (χ4n) is 1.86. The minimum Gasteiger partial charge on any atom is -0.427 e. The largest absolute Gasteiger partial charge is 0.435 e. The van der Waals surface area contributed by atoms with Gasteiger partial charge in [-0.1, -0.05) is 36.8 Å². The number of aromatic nitrogens is 2. The summed E-state index contributed by atoms with van der Waals surface area (Å²) < 4.78 is 39.4. The SMILES string of the molecule is CCc1nc(C(F)(F)F)c(-c2ccc(C)cc2)n1O. The molecule has 0 bridgehead atoms. The second kappa shape index (κ2) is 4.60. The Labute approximate surface area is 108 Å². The summed E-state index contributed by atoms with van der Waals surface area (Å²) in [7, 11) is 0. The Kier molecular flexibility index (Phi) is 3.26. The van der Waals surface area contributed by atoms with Crippen LogP contribution in [0.25, 0.3) is 11.3 Å². The van der Waals surface area contributed by atoms with Crippen LogP contribution in [-0.2, 0) is 12.6 Å². The molecule has 0 radical (unpaired) electrons. The first-order chi connectivity index (χ1) is 8.84. The average Bonchev–Trinajstić information content (AvgIpc) is 2.67. The molecule has 0 fully saturated rings. The maximum absolute atomic E-state index is 13.0. The summed E-state index contributed by atoms with van der Waals surface area (Å²) in [4.78, 5) is 3.49. The average molecular weight is 270 g/mol. The highest BCUT2D eigenvalue weighted by atomic mass is 19.4. The monoisotopic (exact) mass is 270 g/mol. The molecule has 1 aromatic carbocycles. The van der Waals surface area contributed by atoms with Gasteiger partial charge in [-0.05, 0) is 6.92 Å². The van der Waals surface area contributed by atoms with E-state index >= 15 is 0 Å². The Hall–Kier alpha value is -1.98. The molecule has 6 heteroatoms. The van der Waals surface area contributed by atoms with Crippen LogP contribution in [0.15, 0.2) is 24.3 Å². The molecule has 0 aliphatic heterocycles. The highest BCUT2D eigenvalue weighted by Gasteiger charge is 2.39. The molecule has 0 amide bonds. The lowest BCUT2D eigenvalue weighted by Gasteiger charge is -2.08. The van der Waals surface area contributed by atoms with Crippen molar-refractivity contribution < 1.29 is 18.4 Å². The number of rotatable bonds is 2. The number of alkyl halides is 3. The molecule has 102 valence electrons. The van der Waals surface area contributed by atoms with E-state index in [-0.39, 0.29) is 23.5 Å². The van der Waals surface area contributed by atoms with E-state index in [1.807, 2.05) is 6.92 Å². The van der Waals surface area contributed by atoms with Crippen LogP contribution in [0.1, 0.15) is 24.0 Å². The minimum atomic E-state index is -4.60. The van der Waals surface area contributed by atoms with Crippen LogP contribution < -0.4 is 0 Å². The zero-order chi connectivity index (χ0) is 14.2. The number of hydrogen-bond donors (Lipinski definition) is 1. The molecule has 3 nitrogen and oxygen atoms in total. The molecule has 0 spiro atoms. The number of aryl methyl sites for hydroxylation is 2. The van der Waals surface area contributed by atoms with Crippen molar-refractivity contribution in [3.8, 4) is 11.3 Å². The topological polar surface area (TPSA) is 38.0 Å². The second-order valence-electron chi connectivity index (χ2n) is 4.25. The summed E-state index contributed by atoms with van der Waals surface area (Å²) >= 11 is 0. The smallest absolute Gasteiger partial charge is 0.427 e. The van der Waals surface area contributed by atoms with E-state index in [4.69, 9.17) is 0 Å². The zero-order valence-corrected chi connectivity index (χ0v) is 10.5. The van der Waals surface area contributed by atoms with Crippen LogP contribution in [0.3, 0.4) is 0 Å². The van der Waals surface area contributed by atoms with Crippen molar-refractivity contribution in [1.82, 2.24) is 9.71 Å². The lowest BCUT2D eigenvalue weighted by Crippen LogP contribution is -2.08. The third-order valence-electron chi connectivity index (χ3n) is 2.83. The lowest BCUT2D eigenvalue weighted by atomic mass is 10.1. The van der Waals surface area contributed by atoms with Crippen molar-refractivity contribution in [3.05, 3.63) is 41.3 Å². The van der Waals surface area contributed by atoms with E-state index in [0.717, 1.165) is 5.56 Å². The van der Waals surface area contributed by atoms with E-state index in [2.05, 4.69) is 4.98 Å². The first-order valence-corrected chi connectivity index (χ1v) is 5.79. The van der Waals surface area contributed by atoms with Crippen LogP contribution in [-0.4, -0.2) is 14.9 Å². The van der Waals surface area contributed by atoms with E-state index in [1.54, 1.807) is 19.1 Å². The van der Waals surface area contributed by atoms with Gasteiger partial charge in [0.15, 0.2) is 5.69 Å². The number of nitrogens with zero attached hydrogens (tertiary/aromatic N) is 2. The van der Waals surface area contributed by atoms with Crippen molar-refractivity contribution >= 4 is 0 Å². The van der Waals surface area contributed by atoms with Gasteiger partial charge in [0.1, 0.15) is 11.5 Å². The summed E-state index contributed by atoms with van der Waals surface area (Å²) in [5, 5.41) is 9.85. The number of halogens is 3. The maximum Gasteiger partial charge on any atom is 0.435 e. The first kappa shape index (κ1) is 13.5. The van der Waals surface area contributed by atoms with Gasteiger partial charge in [-0.15, -0.1) is 0 Å². The number of imidazole rings is 1. The van der Waals surface area contributed by atoms with Crippen molar-refractivity contribution in [1.29, 1.82) is 0 Å². The van der Waals surface area contributed by atoms with Crippen LogP contribution in [0.2, 0.25) is 0 Å². The molecule has 1 N–H and O–H groups in total. The molecule has 19 heavy (non-hydrogen) atoms. The molecule has 0 aliphatic carbocycles. The molecule has 1 aromatic heterocycles. The Balaban J connectivity index is 2.67. The fraction of sp³-hybridized carbons (Fsp3) is 0.308. The highest BCUT2D eigenvalue weighted by Crippen LogP contribution is 2.36. The Morgan fingerprint density at radius 3 is 2.26 bits per heavy atom. The van der Waals surface area contributed by atoms with Crippen molar-refractivity contribution in [3.63, 3.8) is 0 Å². The van der Waals surface area contributed by atoms with Crippen LogP contribution >= 0.6 is 0 Å². The molecule has 0 saturated heterocycles. The molecular formula is C13H13F3N2O. The third-order valence-corrected chi connectivity index (χ3v) is 2.83. The summed E-state index contributed by atoms with van der Waals surface area (Å²) in [6.07, 6.45) is -4.39. The van der Waals surface area contributed by atoms with E-state index < -0.39 is 11.9 Å². The standard InChI is InChI=1S/C13H13F3N2O/c1-3-10-17-12(13(14,15)16)11(18(10)19)9-6-4-8(2)5-7-9/h4-7,19H,3H2,1-2H3. The molecule has 2 rings (SSSR count). The van der Waals surface area contributed by atoms with Gasteiger partial charge in [0.25, 0.3) is 0 Å². The molecule has 2 aromatic rings. The Bertz CT molecular complexity index is 585. The van der Waals surface area contributed by atoms with Crippen molar-refractivity contribution in [2.24, 2.45) is 0 Å². The molecular weight excluding hydrogens is 257 g/mol. The number of hydrogen-bond acceptors (Lipinski definition) is 2. The second-order valence-corrected chi connectivity index (χ2v) is 4.25. The summed E-state index contributed by atoms with van der Waals surface area (Å²) in [6, 6.07) is 6.45. The van der Waals surface area contributed by atoms with Crippen molar-refractivity contribution in [2.75, 3.05) is 0 Å². The fourth-order valence-corrected chi connectivity index (χ4v) is 1.86. The van der Waals surface area contributed by atoms with Crippen molar-refractivity contribution in [2.45, 2.75) is 26.4 Å². The van der Waals surface area contributed by atoms with E-state index in [0.29, 0.717) is 4.73 Å². The molecule has 0 unspecified atom stereocenters. The molecule has 0 saturated carbocycles. The van der Waals surface area contributed by atoms with E-state index in [1.165, 1.54) is 12.1 Å². The van der Waals surface area contributed by atoms with Crippen LogP contribution in [0, 0.1) is 6.92 Å².